The molecule has 1 aromatic heterocycles. The minimum Gasteiger partial charge on any atom is -0.378 e. The SMILES string of the molecule is CCOC(CC)(CC)c1noc(C(O)c2ccccc2)n1. The van der Waals surface area contributed by atoms with E-state index in [1.54, 1.807) is 0 Å². The molecule has 0 saturated carbocycles. The average Bonchev–Trinajstić information content (AvgIpc) is 3.03. The predicted octanol–water partition coefficient (Wildman–Crippen LogP) is 3.20. The molecule has 1 N–H and O–H groups in total. The molecule has 0 radical (unpaired) electrons. The number of rotatable bonds is 7. The predicted molar refractivity (Wildman–Crippen MR) is 78.7 cm³/mol. The van der Waals surface area contributed by atoms with Gasteiger partial charge in [-0.25, -0.2) is 0 Å². The summed E-state index contributed by atoms with van der Waals surface area (Å²) < 4.78 is 11.1. The van der Waals surface area contributed by atoms with E-state index in [4.69, 9.17) is 9.26 Å². The quantitative estimate of drug-likeness (QED) is 0.848. The number of nitrogens with zero attached hydrogens (tertiary/aromatic N) is 2. The van der Waals surface area contributed by atoms with Crippen LogP contribution in [-0.4, -0.2) is 21.9 Å². The van der Waals surface area contributed by atoms with Gasteiger partial charge in [0.1, 0.15) is 5.60 Å². The molecule has 1 heterocycles. The van der Waals surface area contributed by atoms with Gasteiger partial charge in [0.15, 0.2) is 6.10 Å². The van der Waals surface area contributed by atoms with Gasteiger partial charge in [-0.05, 0) is 25.3 Å². The van der Waals surface area contributed by atoms with Crippen LogP contribution in [-0.2, 0) is 10.3 Å². The van der Waals surface area contributed by atoms with Gasteiger partial charge < -0.3 is 14.4 Å². The highest BCUT2D eigenvalue weighted by Gasteiger charge is 2.35. The molecule has 2 aromatic rings. The third-order valence-corrected chi connectivity index (χ3v) is 3.76. The van der Waals surface area contributed by atoms with Crippen molar-refractivity contribution < 1.29 is 14.4 Å². The Labute approximate surface area is 125 Å². The zero-order valence-corrected chi connectivity index (χ0v) is 12.7. The summed E-state index contributed by atoms with van der Waals surface area (Å²) in [6.07, 6.45) is 0.579. The van der Waals surface area contributed by atoms with Crippen LogP contribution in [0.2, 0.25) is 0 Å². The van der Waals surface area contributed by atoms with Crippen molar-refractivity contribution in [3.05, 3.63) is 47.6 Å². The van der Waals surface area contributed by atoms with Crippen LogP contribution in [0.3, 0.4) is 0 Å². The average molecular weight is 290 g/mol. The molecule has 2 rings (SSSR count). The topological polar surface area (TPSA) is 68.4 Å². The Morgan fingerprint density at radius 2 is 1.86 bits per heavy atom. The fourth-order valence-corrected chi connectivity index (χ4v) is 2.42. The summed E-state index contributed by atoms with van der Waals surface area (Å²) in [6.45, 7) is 6.58. The number of aliphatic hydroxyl groups is 1. The molecule has 0 saturated heterocycles. The Kier molecular flexibility index (Phi) is 5.09. The van der Waals surface area contributed by atoms with E-state index in [1.165, 1.54) is 0 Å². The first-order valence-corrected chi connectivity index (χ1v) is 7.37. The van der Waals surface area contributed by atoms with E-state index in [0.717, 1.165) is 18.4 Å². The summed E-state index contributed by atoms with van der Waals surface area (Å²) in [5.41, 5.74) is 0.176. The molecule has 0 aliphatic carbocycles. The van der Waals surface area contributed by atoms with Crippen LogP contribution in [0.5, 0.6) is 0 Å². The third-order valence-electron chi connectivity index (χ3n) is 3.76. The Bertz CT molecular complexity index is 550. The second-order valence-corrected chi connectivity index (χ2v) is 4.90. The van der Waals surface area contributed by atoms with Crippen LogP contribution in [0.15, 0.2) is 34.9 Å². The van der Waals surface area contributed by atoms with E-state index in [0.29, 0.717) is 12.4 Å². The summed E-state index contributed by atoms with van der Waals surface area (Å²) in [4.78, 5) is 4.37. The van der Waals surface area contributed by atoms with Crippen molar-refractivity contribution in [1.82, 2.24) is 10.1 Å². The number of benzene rings is 1. The van der Waals surface area contributed by atoms with Gasteiger partial charge in [0, 0.05) is 6.61 Å². The lowest BCUT2D eigenvalue weighted by Crippen LogP contribution is -2.29. The van der Waals surface area contributed by atoms with Gasteiger partial charge in [0.2, 0.25) is 5.82 Å². The van der Waals surface area contributed by atoms with E-state index in [9.17, 15) is 5.11 Å². The monoisotopic (exact) mass is 290 g/mol. The molecule has 0 aliphatic heterocycles. The van der Waals surface area contributed by atoms with Crippen molar-refractivity contribution in [2.75, 3.05) is 6.61 Å². The van der Waals surface area contributed by atoms with Crippen LogP contribution in [0.25, 0.3) is 0 Å². The van der Waals surface area contributed by atoms with Crippen LogP contribution in [0.1, 0.15) is 57.0 Å². The highest BCUT2D eigenvalue weighted by molar-refractivity contribution is 5.21. The molecule has 0 aliphatic rings. The second-order valence-electron chi connectivity index (χ2n) is 4.90. The molecule has 1 unspecified atom stereocenters. The van der Waals surface area contributed by atoms with Crippen LogP contribution < -0.4 is 0 Å². The van der Waals surface area contributed by atoms with E-state index < -0.39 is 11.7 Å². The van der Waals surface area contributed by atoms with Gasteiger partial charge in [-0.15, -0.1) is 0 Å². The zero-order chi connectivity index (χ0) is 15.3. The fourth-order valence-electron chi connectivity index (χ4n) is 2.42. The number of hydrogen-bond acceptors (Lipinski definition) is 5. The van der Waals surface area contributed by atoms with Crippen LogP contribution >= 0.6 is 0 Å². The maximum absolute atomic E-state index is 10.3. The van der Waals surface area contributed by atoms with Gasteiger partial charge >= 0.3 is 0 Å². The number of aromatic nitrogens is 2. The molecular formula is C16H22N2O3. The van der Waals surface area contributed by atoms with Crippen molar-refractivity contribution in [2.24, 2.45) is 0 Å². The lowest BCUT2D eigenvalue weighted by atomic mass is 9.96. The number of hydrogen-bond donors (Lipinski definition) is 1. The first-order chi connectivity index (χ1) is 10.2. The van der Waals surface area contributed by atoms with Crippen molar-refractivity contribution in [3.8, 4) is 0 Å². The van der Waals surface area contributed by atoms with Gasteiger partial charge in [0.25, 0.3) is 5.89 Å². The Balaban J connectivity index is 2.28. The van der Waals surface area contributed by atoms with Crippen LogP contribution in [0.4, 0.5) is 0 Å². The molecule has 0 amide bonds. The van der Waals surface area contributed by atoms with Crippen molar-refractivity contribution in [1.29, 1.82) is 0 Å². The van der Waals surface area contributed by atoms with E-state index >= 15 is 0 Å². The van der Waals surface area contributed by atoms with Crippen molar-refractivity contribution >= 4 is 0 Å². The molecular weight excluding hydrogens is 268 g/mol. The molecule has 5 heteroatoms. The first-order valence-electron chi connectivity index (χ1n) is 7.37. The maximum Gasteiger partial charge on any atom is 0.260 e. The Morgan fingerprint density at radius 1 is 1.19 bits per heavy atom. The highest BCUT2D eigenvalue weighted by atomic mass is 16.5. The Hall–Kier alpha value is -1.72. The molecule has 114 valence electrons. The molecule has 0 fully saturated rings. The normalized spacial score (nSPS) is 13.3. The number of ether oxygens (including phenoxy) is 1. The minimum atomic E-state index is -0.916. The van der Waals surface area contributed by atoms with E-state index in [-0.39, 0.29) is 5.89 Å². The summed E-state index contributed by atoms with van der Waals surface area (Å²) in [5, 5.41) is 14.3. The maximum atomic E-state index is 10.3. The van der Waals surface area contributed by atoms with Crippen molar-refractivity contribution in [3.63, 3.8) is 0 Å². The minimum absolute atomic E-state index is 0.196. The van der Waals surface area contributed by atoms with E-state index in [1.807, 2.05) is 51.1 Å². The standard InChI is InChI=1S/C16H22N2O3/c1-4-16(5-2,20-6-3)15-17-14(21-18-15)13(19)12-10-8-7-9-11-12/h7-11,13,19H,4-6H2,1-3H3. The lowest BCUT2D eigenvalue weighted by Gasteiger charge is -2.27. The molecule has 21 heavy (non-hydrogen) atoms. The van der Waals surface area contributed by atoms with Gasteiger partial charge in [-0.1, -0.05) is 49.3 Å². The molecule has 5 nitrogen and oxygen atoms in total. The Morgan fingerprint density at radius 3 is 2.43 bits per heavy atom. The molecule has 0 spiro atoms. The van der Waals surface area contributed by atoms with E-state index in [2.05, 4.69) is 10.1 Å². The third kappa shape index (κ3) is 3.14. The van der Waals surface area contributed by atoms with Crippen molar-refractivity contribution in [2.45, 2.75) is 45.3 Å². The molecule has 1 aromatic carbocycles. The van der Waals surface area contributed by atoms with Gasteiger partial charge in [0.05, 0.1) is 0 Å². The first kappa shape index (κ1) is 15.7. The van der Waals surface area contributed by atoms with Crippen LogP contribution in [0, 0.1) is 0 Å². The second kappa shape index (κ2) is 6.83. The lowest BCUT2D eigenvalue weighted by molar-refractivity contribution is -0.0583. The molecule has 0 bridgehead atoms. The summed E-state index contributed by atoms with van der Waals surface area (Å²) in [7, 11) is 0. The zero-order valence-electron chi connectivity index (χ0n) is 12.7. The van der Waals surface area contributed by atoms with Gasteiger partial charge in [-0.2, -0.15) is 4.98 Å². The largest absolute Gasteiger partial charge is 0.378 e. The summed E-state index contributed by atoms with van der Waals surface area (Å²) >= 11 is 0. The summed E-state index contributed by atoms with van der Waals surface area (Å²) in [6, 6.07) is 9.26. The smallest absolute Gasteiger partial charge is 0.260 e. The highest BCUT2D eigenvalue weighted by Crippen LogP contribution is 2.32. The summed E-state index contributed by atoms with van der Waals surface area (Å²) in [5.74, 6) is 0.696. The van der Waals surface area contributed by atoms with Gasteiger partial charge in [-0.3, -0.25) is 0 Å². The fraction of sp³-hybridized carbons (Fsp3) is 0.500. The molecule has 1 atom stereocenters. The number of aliphatic hydroxyl groups excluding tert-OH is 1.